The minimum atomic E-state index is -4.78. The van der Waals surface area contributed by atoms with E-state index in [4.69, 9.17) is 13.7 Å². The Morgan fingerprint density at radius 3 is 2.47 bits per heavy atom. The van der Waals surface area contributed by atoms with Crippen molar-refractivity contribution in [3.8, 4) is 11.3 Å². The highest BCUT2D eigenvalue weighted by Gasteiger charge is 2.34. The van der Waals surface area contributed by atoms with Gasteiger partial charge in [-0.15, -0.1) is 0 Å². The molecule has 0 spiro atoms. The first-order chi connectivity index (χ1) is 16.8. The molecule has 0 saturated heterocycles. The van der Waals surface area contributed by atoms with Crippen molar-refractivity contribution in [3.63, 3.8) is 0 Å². The Labute approximate surface area is 206 Å². The van der Waals surface area contributed by atoms with Crippen LogP contribution in [0.15, 0.2) is 40.8 Å². The van der Waals surface area contributed by atoms with Gasteiger partial charge in [0.05, 0.1) is 36.8 Å². The van der Waals surface area contributed by atoms with Crippen molar-refractivity contribution >= 4 is 43.0 Å². The molecule has 1 aromatic heterocycles. The molecule has 1 aliphatic rings. The molecule has 1 amide bonds. The summed E-state index contributed by atoms with van der Waals surface area (Å²) in [6.07, 6.45) is -0.851. The number of ether oxygens (including phenoxy) is 1. The van der Waals surface area contributed by atoms with Gasteiger partial charge in [-0.3, -0.25) is 13.7 Å². The minimum absolute atomic E-state index is 0.163. The van der Waals surface area contributed by atoms with Crippen molar-refractivity contribution in [1.82, 2.24) is 5.32 Å². The van der Waals surface area contributed by atoms with E-state index in [1.807, 2.05) is 0 Å². The lowest BCUT2D eigenvalue weighted by atomic mass is 10.0. The van der Waals surface area contributed by atoms with Crippen LogP contribution in [0.3, 0.4) is 0 Å². The lowest BCUT2D eigenvalue weighted by Gasteiger charge is -2.24. The molecular weight excluding hydrogens is 519 g/mol. The number of amides is 1. The molecule has 2 N–H and O–H groups in total. The molecule has 1 aliphatic heterocycles. The topological polar surface area (TPSA) is 152 Å². The third-order valence-electron chi connectivity index (χ3n) is 5.67. The zero-order valence-corrected chi connectivity index (χ0v) is 21.0. The van der Waals surface area contributed by atoms with Crippen LogP contribution < -0.4 is 9.62 Å². The first kappa shape index (κ1) is 26.0. The average molecular weight is 543 g/mol. The van der Waals surface area contributed by atoms with Crippen LogP contribution >= 0.6 is 0 Å². The number of hydrogen-bond acceptors (Lipinski definition) is 8. The standard InChI is InChI=1S/C22H23FN2O9S2/c1-12-16-8-17-19(34-21(20(17)22(26)24-2)13-4-6-14(23)7-5-13)9-18(16)25(35(3,27)28)10-15(33-12)11-32-36(29,30)31/h4-9,12,15H,10-11H2,1-3H3,(H,24,26)(H,29,30,31)/t12-,15-/m0/s1. The summed E-state index contributed by atoms with van der Waals surface area (Å²) in [6, 6.07) is 8.39. The fourth-order valence-corrected chi connectivity index (χ4v) is 5.38. The molecule has 194 valence electrons. The molecule has 0 bridgehead atoms. The highest BCUT2D eigenvalue weighted by atomic mass is 32.3. The van der Waals surface area contributed by atoms with E-state index < -0.39 is 51.0 Å². The Balaban J connectivity index is 1.91. The van der Waals surface area contributed by atoms with E-state index in [9.17, 15) is 26.0 Å². The van der Waals surface area contributed by atoms with Crippen LogP contribution in [0, 0.1) is 5.82 Å². The maximum Gasteiger partial charge on any atom is 0.397 e. The second-order valence-electron chi connectivity index (χ2n) is 8.21. The van der Waals surface area contributed by atoms with Gasteiger partial charge >= 0.3 is 10.4 Å². The summed E-state index contributed by atoms with van der Waals surface area (Å²) < 4.78 is 87.2. The average Bonchev–Trinajstić information content (AvgIpc) is 3.09. The second-order valence-corrected chi connectivity index (χ2v) is 11.2. The number of carbonyl (C=O) groups is 1. The van der Waals surface area contributed by atoms with Crippen molar-refractivity contribution in [1.29, 1.82) is 0 Å². The number of nitrogens with zero attached hydrogens (tertiary/aromatic N) is 1. The molecule has 2 aromatic carbocycles. The Kier molecular flexibility index (Phi) is 6.83. The number of furan rings is 1. The number of rotatable bonds is 6. The zero-order chi connectivity index (χ0) is 26.4. The number of halogens is 1. The summed E-state index contributed by atoms with van der Waals surface area (Å²) in [5.74, 6) is -0.775. The van der Waals surface area contributed by atoms with Gasteiger partial charge in [0, 0.05) is 29.6 Å². The monoisotopic (exact) mass is 542 g/mol. The van der Waals surface area contributed by atoms with Crippen LogP contribution in [-0.4, -0.2) is 59.9 Å². The third-order valence-corrected chi connectivity index (χ3v) is 7.25. The number of anilines is 1. The van der Waals surface area contributed by atoms with Crippen molar-refractivity contribution in [2.24, 2.45) is 0 Å². The summed E-state index contributed by atoms with van der Waals surface area (Å²) >= 11 is 0. The van der Waals surface area contributed by atoms with Crippen molar-refractivity contribution < 1.29 is 43.9 Å². The van der Waals surface area contributed by atoms with Gasteiger partial charge in [0.15, 0.2) is 0 Å². The van der Waals surface area contributed by atoms with Gasteiger partial charge in [-0.25, -0.2) is 17.0 Å². The first-order valence-corrected chi connectivity index (χ1v) is 13.8. The van der Waals surface area contributed by atoms with E-state index in [-0.39, 0.29) is 29.1 Å². The fraction of sp³-hybridized carbons (Fsp3) is 0.318. The van der Waals surface area contributed by atoms with Crippen molar-refractivity contribution in [2.45, 2.75) is 19.1 Å². The summed E-state index contributed by atoms with van der Waals surface area (Å²) in [7, 11) is -7.24. The maximum absolute atomic E-state index is 13.5. The number of benzene rings is 2. The quantitative estimate of drug-likeness (QED) is 0.448. The number of carbonyl (C=O) groups excluding carboxylic acids is 1. The van der Waals surface area contributed by atoms with E-state index in [1.54, 1.807) is 13.0 Å². The van der Waals surface area contributed by atoms with Crippen LogP contribution in [-0.2, 0) is 29.3 Å². The van der Waals surface area contributed by atoms with Crippen molar-refractivity contribution in [2.75, 3.05) is 30.8 Å². The summed E-state index contributed by atoms with van der Waals surface area (Å²) in [4.78, 5) is 12.8. The van der Waals surface area contributed by atoms with Gasteiger partial charge in [0.25, 0.3) is 5.91 Å². The van der Waals surface area contributed by atoms with Gasteiger partial charge in [-0.05, 0) is 37.3 Å². The Morgan fingerprint density at radius 1 is 1.22 bits per heavy atom. The smallest absolute Gasteiger partial charge is 0.397 e. The van der Waals surface area contributed by atoms with Crippen LogP contribution in [0.4, 0.5) is 10.1 Å². The fourth-order valence-electron chi connectivity index (χ4n) is 4.10. The Morgan fingerprint density at radius 2 is 1.89 bits per heavy atom. The molecule has 2 atom stereocenters. The van der Waals surface area contributed by atoms with Gasteiger partial charge in [0.2, 0.25) is 10.0 Å². The molecule has 11 nitrogen and oxygen atoms in total. The number of nitrogens with one attached hydrogen (secondary N) is 1. The molecule has 14 heteroatoms. The van der Waals surface area contributed by atoms with Crippen LogP contribution in [0.2, 0.25) is 0 Å². The highest BCUT2D eigenvalue weighted by Crippen LogP contribution is 2.42. The predicted octanol–water partition coefficient (Wildman–Crippen LogP) is 2.64. The number of fused-ring (bicyclic) bond motifs is 2. The molecule has 36 heavy (non-hydrogen) atoms. The third kappa shape index (κ3) is 5.22. The molecular formula is C22H23FN2O9S2. The normalized spacial score (nSPS) is 18.6. The SMILES string of the molecule is CNC(=O)c1c(-c2ccc(F)cc2)oc2cc3c(cc12)[C@H](C)O[C@H](COS(=O)(=O)O)CN3S(C)(=O)=O. The molecule has 2 heterocycles. The molecule has 0 radical (unpaired) electrons. The van der Waals surface area contributed by atoms with E-state index >= 15 is 0 Å². The molecule has 0 aliphatic carbocycles. The molecule has 3 aromatic rings. The van der Waals surface area contributed by atoms with Gasteiger partial charge in [-0.1, -0.05) is 0 Å². The van der Waals surface area contributed by atoms with E-state index in [0.717, 1.165) is 10.6 Å². The minimum Gasteiger partial charge on any atom is -0.455 e. The van der Waals surface area contributed by atoms with Crippen LogP contribution in [0.25, 0.3) is 22.3 Å². The molecule has 0 fully saturated rings. The second kappa shape index (κ2) is 9.44. The maximum atomic E-state index is 13.5. The highest BCUT2D eigenvalue weighted by molar-refractivity contribution is 7.92. The van der Waals surface area contributed by atoms with E-state index in [0.29, 0.717) is 16.5 Å². The summed E-state index contributed by atoms with van der Waals surface area (Å²) in [5, 5.41) is 2.91. The molecule has 0 saturated carbocycles. The van der Waals surface area contributed by atoms with E-state index in [1.165, 1.54) is 37.4 Å². The van der Waals surface area contributed by atoms with Gasteiger partial charge in [0.1, 0.15) is 23.3 Å². The largest absolute Gasteiger partial charge is 0.455 e. The van der Waals surface area contributed by atoms with E-state index in [2.05, 4.69) is 9.50 Å². The first-order valence-electron chi connectivity index (χ1n) is 10.6. The Bertz CT molecular complexity index is 1530. The van der Waals surface area contributed by atoms with Gasteiger partial charge in [-0.2, -0.15) is 8.42 Å². The van der Waals surface area contributed by atoms with Gasteiger partial charge < -0.3 is 14.5 Å². The van der Waals surface area contributed by atoms with Crippen LogP contribution in [0.5, 0.6) is 0 Å². The zero-order valence-electron chi connectivity index (χ0n) is 19.4. The summed E-state index contributed by atoms with van der Waals surface area (Å²) in [5.41, 5.74) is 1.39. The number of hydrogen-bond donors (Lipinski definition) is 2. The Hall–Kier alpha value is -3.04. The van der Waals surface area contributed by atoms with Crippen LogP contribution in [0.1, 0.15) is 28.9 Å². The molecule has 0 unspecified atom stereocenters. The predicted molar refractivity (Wildman–Crippen MR) is 128 cm³/mol. The lowest BCUT2D eigenvalue weighted by molar-refractivity contribution is -0.0179. The lowest BCUT2D eigenvalue weighted by Crippen LogP contribution is -2.39. The molecule has 4 rings (SSSR count). The summed E-state index contributed by atoms with van der Waals surface area (Å²) in [6.45, 7) is 0.681. The van der Waals surface area contributed by atoms with Crippen molar-refractivity contribution in [3.05, 3.63) is 53.3 Å². The number of sulfonamides is 1.